The second-order valence-corrected chi connectivity index (χ2v) is 11.9. The van der Waals surface area contributed by atoms with Crippen molar-refractivity contribution in [1.82, 2.24) is 0 Å². The standard InChI is InChI=1S/C14H21BrO3Si/c1-14(2,3)19(4,5)18-12-7-10(8-13(16)17)6-11(15)9-12/h6-7,9H,8H2,1-5H3,(H,16,17). The molecule has 1 rings (SSSR count). The Labute approximate surface area is 124 Å². The topological polar surface area (TPSA) is 46.5 Å². The zero-order chi connectivity index (χ0) is 14.8. The van der Waals surface area contributed by atoms with Crippen LogP contribution in [0.15, 0.2) is 22.7 Å². The van der Waals surface area contributed by atoms with Gasteiger partial charge in [0.05, 0.1) is 6.42 Å². The molecule has 1 aromatic rings. The smallest absolute Gasteiger partial charge is 0.307 e. The fourth-order valence-corrected chi connectivity index (χ4v) is 2.94. The third-order valence-electron chi connectivity index (χ3n) is 3.47. The first-order valence-corrected chi connectivity index (χ1v) is 9.92. The Morgan fingerprint density at radius 3 is 2.37 bits per heavy atom. The van der Waals surface area contributed by atoms with Gasteiger partial charge in [0.15, 0.2) is 0 Å². The third-order valence-corrected chi connectivity index (χ3v) is 8.28. The fourth-order valence-electron chi connectivity index (χ4n) is 1.40. The van der Waals surface area contributed by atoms with Crippen LogP contribution in [0.3, 0.4) is 0 Å². The van der Waals surface area contributed by atoms with Gasteiger partial charge in [-0.1, -0.05) is 36.7 Å². The summed E-state index contributed by atoms with van der Waals surface area (Å²) >= 11 is 3.40. The van der Waals surface area contributed by atoms with Crippen molar-refractivity contribution in [2.24, 2.45) is 0 Å². The molecule has 5 heteroatoms. The molecule has 0 aliphatic carbocycles. The number of halogens is 1. The lowest BCUT2D eigenvalue weighted by Gasteiger charge is -2.36. The summed E-state index contributed by atoms with van der Waals surface area (Å²) in [5.41, 5.74) is 0.746. The van der Waals surface area contributed by atoms with E-state index >= 15 is 0 Å². The Hall–Kier alpha value is -0.813. The van der Waals surface area contributed by atoms with Crippen molar-refractivity contribution >= 4 is 30.2 Å². The van der Waals surface area contributed by atoms with Crippen molar-refractivity contribution in [3.63, 3.8) is 0 Å². The SMILES string of the molecule is CC(C)(C)[Si](C)(C)Oc1cc(Br)cc(CC(=O)O)c1. The molecule has 0 aliphatic rings. The van der Waals surface area contributed by atoms with E-state index in [9.17, 15) is 4.79 Å². The van der Waals surface area contributed by atoms with Gasteiger partial charge >= 0.3 is 5.97 Å². The van der Waals surface area contributed by atoms with Crippen molar-refractivity contribution in [3.05, 3.63) is 28.2 Å². The number of carboxylic acid groups (broad SMARTS) is 1. The molecule has 19 heavy (non-hydrogen) atoms. The molecule has 0 bridgehead atoms. The molecule has 0 unspecified atom stereocenters. The van der Waals surface area contributed by atoms with Gasteiger partial charge in [0.25, 0.3) is 0 Å². The average Bonchev–Trinajstić information content (AvgIpc) is 2.11. The molecule has 3 nitrogen and oxygen atoms in total. The summed E-state index contributed by atoms with van der Waals surface area (Å²) in [7, 11) is -1.90. The van der Waals surface area contributed by atoms with Gasteiger partial charge in [0, 0.05) is 4.47 Å². The number of hydrogen-bond donors (Lipinski definition) is 1. The van der Waals surface area contributed by atoms with Crippen LogP contribution in [0.1, 0.15) is 26.3 Å². The summed E-state index contributed by atoms with van der Waals surface area (Å²) in [6, 6.07) is 5.53. The van der Waals surface area contributed by atoms with Crippen LogP contribution in [-0.4, -0.2) is 19.4 Å². The van der Waals surface area contributed by atoms with E-state index in [1.807, 2.05) is 18.2 Å². The largest absolute Gasteiger partial charge is 0.543 e. The minimum Gasteiger partial charge on any atom is -0.543 e. The van der Waals surface area contributed by atoms with Crippen molar-refractivity contribution < 1.29 is 14.3 Å². The van der Waals surface area contributed by atoms with Gasteiger partial charge in [-0.3, -0.25) is 4.79 Å². The van der Waals surface area contributed by atoms with Crippen molar-refractivity contribution in [2.75, 3.05) is 0 Å². The first-order chi connectivity index (χ1) is 8.51. The van der Waals surface area contributed by atoms with Crippen LogP contribution >= 0.6 is 15.9 Å². The number of carboxylic acids is 1. The van der Waals surface area contributed by atoms with Crippen LogP contribution in [0.25, 0.3) is 0 Å². The minimum absolute atomic E-state index is 0.00724. The maximum atomic E-state index is 10.8. The number of aliphatic carboxylic acids is 1. The molecular formula is C14H21BrO3Si. The van der Waals surface area contributed by atoms with E-state index < -0.39 is 14.3 Å². The van der Waals surface area contributed by atoms with Gasteiger partial charge in [-0.25, -0.2) is 0 Å². The van der Waals surface area contributed by atoms with Gasteiger partial charge in [0.2, 0.25) is 8.32 Å². The molecule has 106 valence electrons. The quantitative estimate of drug-likeness (QED) is 0.820. The van der Waals surface area contributed by atoms with Crippen LogP contribution in [0.4, 0.5) is 0 Å². The molecule has 1 N–H and O–H groups in total. The molecule has 0 aromatic heterocycles. The zero-order valence-electron chi connectivity index (χ0n) is 12.1. The molecule has 0 amide bonds. The van der Waals surface area contributed by atoms with E-state index in [1.54, 1.807) is 0 Å². The minimum atomic E-state index is -1.90. The van der Waals surface area contributed by atoms with E-state index in [2.05, 4.69) is 49.8 Å². The predicted octanol–water partition coefficient (Wildman–Crippen LogP) is 4.46. The van der Waals surface area contributed by atoms with Crippen molar-refractivity contribution in [2.45, 2.75) is 45.3 Å². The molecule has 0 spiro atoms. The highest BCUT2D eigenvalue weighted by Crippen LogP contribution is 2.38. The first kappa shape index (κ1) is 16.2. The monoisotopic (exact) mass is 344 g/mol. The predicted molar refractivity (Wildman–Crippen MR) is 83.3 cm³/mol. The van der Waals surface area contributed by atoms with Gasteiger partial charge in [0.1, 0.15) is 5.75 Å². The van der Waals surface area contributed by atoms with Crippen LogP contribution in [0, 0.1) is 0 Å². The summed E-state index contributed by atoms with van der Waals surface area (Å²) < 4.78 is 7.03. The lowest BCUT2D eigenvalue weighted by atomic mass is 10.1. The van der Waals surface area contributed by atoms with Crippen LogP contribution in [-0.2, 0) is 11.2 Å². The number of rotatable bonds is 4. The van der Waals surface area contributed by atoms with Crippen LogP contribution in [0.2, 0.25) is 18.1 Å². The lowest BCUT2D eigenvalue weighted by Crippen LogP contribution is -2.43. The molecule has 0 radical (unpaired) electrons. The second-order valence-electron chi connectivity index (χ2n) is 6.23. The van der Waals surface area contributed by atoms with E-state index in [4.69, 9.17) is 9.53 Å². The Bertz CT molecular complexity index is 478. The van der Waals surface area contributed by atoms with Crippen molar-refractivity contribution in [1.29, 1.82) is 0 Å². The first-order valence-electron chi connectivity index (χ1n) is 6.21. The van der Waals surface area contributed by atoms with Crippen molar-refractivity contribution in [3.8, 4) is 5.75 Å². The fraction of sp³-hybridized carbons (Fsp3) is 0.500. The molecular weight excluding hydrogens is 324 g/mol. The molecule has 0 heterocycles. The zero-order valence-corrected chi connectivity index (χ0v) is 14.7. The van der Waals surface area contributed by atoms with E-state index in [1.165, 1.54) is 0 Å². The average molecular weight is 345 g/mol. The summed E-state index contributed by atoms with van der Waals surface area (Å²) in [5, 5.41) is 8.98. The summed E-state index contributed by atoms with van der Waals surface area (Å²) in [4.78, 5) is 10.8. The Balaban J connectivity index is 3.02. The summed E-state index contributed by atoms with van der Waals surface area (Å²) in [6.45, 7) is 10.9. The molecule has 0 fully saturated rings. The van der Waals surface area contributed by atoms with Gasteiger partial charge < -0.3 is 9.53 Å². The maximum Gasteiger partial charge on any atom is 0.307 e. The Kier molecular flexibility index (Phi) is 4.85. The van der Waals surface area contributed by atoms with Crippen LogP contribution in [0.5, 0.6) is 5.75 Å². The van der Waals surface area contributed by atoms with Gasteiger partial charge in [-0.15, -0.1) is 0 Å². The lowest BCUT2D eigenvalue weighted by molar-refractivity contribution is -0.136. The number of hydrogen-bond acceptors (Lipinski definition) is 2. The molecule has 0 atom stereocenters. The highest BCUT2D eigenvalue weighted by Gasteiger charge is 2.39. The normalized spacial score (nSPS) is 12.3. The maximum absolute atomic E-state index is 10.8. The van der Waals surface area contributed by atoms with E-state index in [-0.39, 0.29) is 11.5 Å². The van der Waals surface area contributed by atoms with E-state index in [0.29, 0.717) is 0 Å². The number of benzene rings is 1. The molecule has 0 aliphatic heterocycles. The third kappa shape index (κ3) is 4.65. The highest BCUT2D eigenvalue weighted by atomic mass is 79.9. The molecule has 0 saturated carbocycles. The highest BCUT2D eigenvalue weighted by molar-refractivity contribution is 9.10. The summed E-state index contributed by atoms with van der Waals surface area (Å²) in [5.74, 6) is -0.0893. The Morgan fingerprint density at radius 2 is 1.89 bits per heavy atom. The molecule has 0 saturated heterocycles. The van der Waals surface area contributed by atoms with Gasteiger partial charge in [-0.2, -0.15) is 0 Å². The Morgan fingerprint density at radius 1 is 1.32 bits per heavy atom. The van der Waals surface area contributed by atoms with E-state index in [0.717, 1.165) is 15.8 Å². The molecule has 1 aromatic carbocycles. The van der Waals surface area contributed by atoms with Crippen LogP contribution < -0.4 is 4.43 Å². The number of carbonyl (C=O) groups is 1. The second kappa shape index (κ2) is 5.67. The summed E-state index contributed by atoms with van der Waals surface area (Å²) in [6.07, 6.45) is 0.00724. The van der Waals surface area contributed by atoms with Gasteiger partial charge in [-0.05, 0) is 41.9 Å².